The molecule has 1 aliphatic carbocycles. The van der Waals surface area contributed by atoms with Crippen LogP contribution in [-0.4, -0.2) is 5.91 Å². The molecular weight excluding hydrogens is 286 g/mol. The van der Waals surface area contributed by atoms with Crippen LogP contribution in [0.15, 0.2) is 30.3 Å². The van der Waals surface area contributed by atoms with Gasteiger partial charge in [-0.25, -0.2) is 0 Å². The van der Waals surface area contributed by atoms with E-state index in [1.165, 1.54) is 23.6 Å². The van der Waals surface area contributed by atoms with Crippen molar-refractivity contribution in [1.82, 2.24) is 0 Å². The lowest BCUT2D eigenvalue weighted by Gasteiger charge is -2.14. The van der Waals surface area contributed by atoms with Crippen LogP contribution in [0.2, 0.25) is 5.02 Å². The molecule has 108 valence electrons. The summed E-state index contributed by atoms with van der Waals surface area (Å²) >= 11 is 6.20. The molecule has 5 N–H and O–H groups in total. The smallest absolute Gasteiger partial charge is 0.250 e. The second-order valence-electron chi connectivity index (χ2n) is 5.25. The molecule has 5 heteroatoms. The van der Waals surface area contributed by atoms with Crippen LogP contribution in [0.3, 0.4) is 0 Å². The summed E-state index contributed by atoms with van der Waals surface area (Å²) in [5.74, 6) is -0.562. The van der Waals surface area contributed by atoms with Crippen molar-refractivity contribution < 1.29 is 4.79 Å². The summed E-state index contributed by atoms with van der Waals surface area (Å²) in [6.07, 6.45) is 3.40. The molecule has 4 nitrogen and oxygen atoms in total. The predicted molar refractivity (Wildman–Crippen MR) is 86.1 cm³/mol. The van der Waals surface area contributed by atoms with Crippen molar-refractivity contribution in [2.45, 2.75) is 19.3 Å². The molecule has 21 heavy (non-hydrogen) atoms. The third-order valence-corrected chi connectivity index (χ3v) is 4.04. The average Bonchev–Trinajstić information content (AvgIpc) is 2.88. The van der Waals surface area contributed by atoms with E-state index >= 15 is 0 Å². The van der Waals surface area contributed by atoms with E-state index in [1.54, 1.807) is 6.07 Å². The number of anilines is 3. The molecule has 1 amide bonds. The minimum Gasteiger partial charge on any atom is -0.399 e. The van der Waals surface area contributed by atoms with Gasteiger partial charge in [0.05, 0.1) is 16.3 Å². The minimum absolute atomic E-state index is 0.292. The molecule has 0 aliphatic heterocycles. The lowest BCUT2D eigenvalue weighted by atomic mass is 10.1. The Morgan fingerprint density at radius 1 is 1.14 bits per heavy atom. The summed E-state index contributed by atoms with van der Waals surface area (Å²) < 4.78 is 0. The number of aryl methyl sites for hydroxylation is 2. The van der Waals surface area contributed by atoms with Crippen LogP contribution in [0.25, 0.3) is 0 Å². The molecule has 0 unspecified atom stereocenters. The molecular formula is C16H16ClN3O. The number of hydrogen-bond donors (Lipinski definition) is 3. The molecule has 0 radical (unpaired) electrons. The van der Waals surface area contributed by atoms with Gasteiger partial charge < -0.3 is 16.8 Å². The van der Waals surface area contributed by atoms with Gasteiger partial charge in [0.2, 0.25) is 0 Å². The van der Waals surface area contributed by atoms with Gasteiger partial charge in [0.15, 0.2) is 0 Å². The fourth-order valence-electron chi connectivity index (χ4n) is 2.74. The Kier molecular flexibility index (Phi) is 3.47. The van der Waals surface area contributed by atoms with Crippen molar-refractivity contribution in [2.24, 2.45) is 5.73 Å². The maximum absolute atomic E-state index is 11.6. The summed E-state index contributed by atoms with van der Waals surface area (Å²) in [6.45, 7) is 0. The molecule has 1 aliphatic rings. The van der Waals surface area contributed by atoms with Crippen molar-refractivity contribution in [3.8, 4) is 0 Å². The second-order valence-corrected chi connectivity index (χ2v) is 5.66. The molecule has 3 rings (SSSR count). The highest BCUT2D eigenvalue weighted by Gasteiger charge is 2.15. The zero-order chi connectivity index (χ0) is 15.0. The number of hydrogen-bond acceptors (Lipinski definition) is 3. The largest absolute Gasteiger partial charge is 0.399 e. The summed E-state index contributed by atoms with van der Waals surface area (Å²) in [6, 6.07) is 9.33. The number of fused-ring (bicyclic) bond motifs is 1. The molecule has 0 heterocycles. The molecule has 0 bridgehead atoms. The van der Waals surface area contributed by atoms with Crippen LogP contribution in [0.4, 0.5) is 17.1 Å². The van der Waals surface area contributed by atoms with E-state index in [9.17, 15) is 4.79 Å². The highest BCUT2D eigenvalue weighted by molar-refractivity contribution is 6.34. The lowest BCUT2D eigenvalue weighted by molar-refractivity contribution is 0.100. The first kappa shape index (κ1) is 13.8. The van der Waals surface area contributed by atoms with Gasteiger partial charge in [-0.2, -0.15) is 0 Å². The van der Waals surface area contributed by atoms with E-state index < -0.39 is 5.91 Å². The third kappa shape index (κ3) is 2.67. The monoisotopic (exact) mass is 301 g/mol. The molecule has 2 aromatic rings. The number of nitrogens with two attached hydrogens (primary N) is 2. The van der Waals surface area contributed by atoms with Crippen LogP contribution in [0.5, 0.6) is 0 Å². The molecule has 0 spiro atoms. The molecule has 0 atom stereocenters. The Morgan fingerprint density at radius 2 is 1.90 bits per heavy atom. The van der Waals surface area contributed by atoms with Crippen molar-refractivity contribution in [2.75, 3.05) is 11.1 Å². The highest BCUT2D eigenvalue weighted by Crippen LogP contribution is 2.33. The van der Waals surface area contributed by atoms with Crippen LogP contribution < -0.4 is 16.8 Å². The van der Waals surface area contributed by atoms with E-state index in [0.29, 0.717) is 22.0 Å². The van der Waals surface area contributed by atoms with Crippen molar-refractivity contribution in [3.63, 3.8) is 0 Å². The van der Waals surface area contributed by atoms with Crippen LogP contribution >= 0.6 is 11.6 Å². The fraction of sp³-hybridized carbons (Fsp3) is 0.188. The molecule has 0 saturated carbocycles. The quantitative estimate of drug-likeness (QED) is 0.761. The number of benzene rings is 2. The molecule has 0 saturated heterocycles. The van der Waals surface area contributed by atoms with Gasteiger partial charge in [-0.3, -0.25) is 4.79 Å². The number of amides is 1. The van der Waals surface area contributed by atoms with Crippen molar-refractivity contribution >= 4 is 34.6 Å². The Labute approximate surface area is 128 Å². The molecule has 0 fully saturated rings. The van der Waals surface area contributed by atoms with Crippen molar-refractivity contribution in [3.05, 3.63) is 52.0 Å². The van der Waals surface area contributed by atoms with E-state index in [-0.39, 0.29) is 0 Å². The SMILES string of the molecule is NC(=O)c1cc(N)cc(Cl)c1Nc1ccc2c(c1)CCC2. The van der Waals surface area contributed by atoms with Crippen LogP contribution in [-0.2, 0) is 12.8 Å². The Hall–Kier alpha value is -2.20. The first-order valence-corrected chi connectivity index (χ1v) is 7.20. The number of carbonyl (C=O) groups is 1. The minimum atomic E-state index is -0.562. The predicted octanol–water partition coefficient (Wildman–Crippen LogP) is 3.25. The zero-order valence-corrected chi connectivity index (χ0v) is 12.2. The van der Waals surface area contributed by atoms with Crippen LogP contribution in [0, 0.1) is 0 Å². The topological polar surface area (TPSA) is 81.1 Å². The van der Waals surface area contributed by atoms with E-state index in [1.807, 2.05) is 6.07 Å². The van der Waals surface area contributed by atoms with Crippen molar-refractivity contribution in [1.29, 1.82) is 0 Å². The third-order valence-electron chi connectivity index (χ3n) is 3.75. The summed E-state index contributed by atoms with van der Waals surface area (Å²) in [5.41, 5.74) is 15.9. The maximum Gasteiger partial charge on any atom is 0.250 e. The molecule has 2 aromatic carbocycles. The second kappa shape index (κ2) is 5.30. The number of rotatable bonds is 3. The normalized spacial score (nSPS) is 13.0. The van der Waals surface area contributed by atoms with Gasteiger partial charge >= 0.3 is 0 Å². The van der Waals surface area contributed by atoms with Gasteiger partial charge in [0.1, 0.15) is 0 Å². The van der Waals surface area contributed by atoms with E-state index in [0.717, 1.165) is 18.5 Å². The number of nitrogens with one attached hydrogen (secondary N) is 1. The van der Waals surface area contributed by atoms with Gasteiger partial charge in [0.25, 0.3) is 5.91 Å². The number of carbonyl (C=O) groups excluding carboxylic acids is 1. The van der Waals surface area contributed by atoms with Gasteiger partial charge in [0, 0.05) is 11.4 Å². The summed E-state index contributed by atoms with van der Waals surface area (Å²) in [7, 11) is 0. The fourth-order valence-corrected chi connectivity index (χ4v) is 3.02. The maximum atomic E-state index is 11.6. The van der Waals surface area contributed by atoms with Crippen LogP contribution in [0.1, 0.15) is 27.9 Å². The molecule has 0 aromatic heterocycles. The Morgan fingerprint density at radius 3 is 2.67 bits per heavy atom. The first-order chi connectivity index (χ1) is 10.0. The van der Waals surface area contributed by atoms with E-state index in [4.69, 9.17) is 23.1 Å². The highest BCUT2D eigenvalue weighted by atomic mass is 35.5. The van der Waals surface area contributed by atoms with E-state index in [2.05, 4.69) is 17.4 Å². The lowest BCUT2D eigenvalue weighted by Crippen LogP contribution is -2.14. The number of primary amides is 1. The summed E-state index contributed by atoms with van der Waals surface area (Å²) in [4.78, 5) is 11.6. The van der Waals surface area contributed by atoms with Gasteiger partial charge in [-0.05, 0) is 54.7 Å². The summed E-state index contributed by atoms with van der Waals surface area (Å²) in [5, 5.41) is 3.57. The Balaban J connectivity index is 2.00. The van der Waals surface area contributed by atoms with Gasteiger partial charge in [-0.1, -0.05) is 17.7 Å². The zero-order valence-electron chi connectivity index (χ0n) is 11.4. The standard InChI is InChI=1S/C16H16ClN3O/c17-14-8-11(18)7-13(16(19)21)15(14)20-12-5-4-9-2-1-3-10(9)6-12/h4-8,20H,1-3,18H2,(H2,19,21). The number of halogens is 1. The number of nitrogen functional groups attached to an aromatic ring is 1. The Bertz CT molecular complexity index is 728. The van der Waals surface area contributed by atoms with Gasteiger partial charge in [-0.15, -0.1) is 0 Å². The first-order valence-electron chi connectivity index (χ1n) is 6.82. The average molecular weight is 302 g/mol.